The van der Waals surface area contributed by atoms with Gasteiger partial charge in [0.2, 0.25) is 11.8 Å². The van der Waals surface area contributed by atoms with Gasteiger partial charge in [-0.05, 0) is 26.7 Å². The van der Waals surface area contributed by atoms with Gasteiger partial charge in [-0.25, -0.2) is 4.79 Å². The van der Waals surface area contributed by atoms with Crippen LogP contribution in [0.25, 0.3) is 0 Å². The summed E-state index contributed by atoms with van der Waals surface area (Å²) < 4.78 is 4.89. The molecule has 0 aromatic heterocycles. The molecule has 1 aliphatic heterocycles. The summed E-state index contributed by atoms with van der Waals surface area (Å²) in [7, 11) is 0. The first-order valence-electron chi connectivity index (χ1n) is 9.56. The first kappa shape index (κ1) is 22.2. The Morgan fingerprint density at radius 1 is 1.04 bits per heavy atom. The van der Waals surface area contributed by atoms with E-state index < -0.39 is 12.1 Å². The van der Waals surface area contributed by atoms with E-state index in [1.54, 1.807) is 11.8 Å². The van der Waals surface area contributed by atoms with E-state index in [0.29, 0.717) is 45.8 Å². The molecular weight excluding hydrogens is 336 g/mol. The highest BCUT2D eigenvalue weighted by Gasteiger charge is 2.31. The fourth-order valence-electron chi connectivity index (χ4n) is 3.00. The number of carbonyl (C=O) groups is 3. The van der Waals surface area contributed by atoms with E-state index in [2.05, 4.69) is 10.2 Å². The molecule has 3 amide bonds. The lowest BCUT2D eigenvalue weighted by atomic mass is 10.0. The van der Waals surface area contributed by atoms with Crippen LogP contribution >= 0.6 is 0 Å². The molecule has 1 aliphatic rings. The minimum atomic E-state index is -0.599. The fraction of sp³-hybridized carbons (Fsp3) is 0.833. The lowest BCUT2D eigenvalue weighted by Crippen LogP contribution is -2.57. The van der Waals surface area contributed by atoms with Crippen LogP contribution in [-0.2, 0) is 14.3 Å². The maximum atomic E-state index is 12.8. The molecule has 0 aliphatic carbocycles. The van der Waals surface area contributed by atoms with E-state index in [-0.39, 0.29) is 24.3 Å². The predicted molar refractivity (Wildman–Crippen MR) is 99.7 cm³/mol. The van der Waals surface area contributed by atoms with Gasteiger partial charge in [0.15, 0.2) is 0 Å². The molecule has 1 saturated heterocycles. The standard InChI is InChI=1S/C18H34N4O4/c1-6-21(7-2)15(23)13-20-9-11-22(12-10-20)17(24)16(14(4)5)19-18(25)26-8-3/h14,16H,6-13H2,1-5H3,(H,19,25). The number of hydrogen-bond donors (Lipinski definition) is 1. The number of hydrogen-bond acceptors (Lipinski definition) is 5. The molecule has 0 aromatic rings. The molecule has 0 saturated carbocycles. The van der Waals surface area contributed by atoms with E-state index in [1.165, 1.54) is 0 Å². The molecule has 1 N–H and O–H groups in total. The highest BCUT2D eigenvalue weighted by molar-refractivity contribution is 5.86. The third-order valence-corrected chi connectivity index (χ3v) is 4.64. The lowest BCUT2D eigenvalue weighted by Gasteiger charge is -2.37. The van der Waals surface area contributed by atoms with Gasteiger partial charge in [0, 0.05) is 39.3 Å². The first-order chi connectivity index (χ1) is 12.3. The summed E-state index contributed by atoms with van der Waals surface area (Å²) in [5.41, 5.74) is 0. The molecule has 0 bridgehead atoms. The minimum absolute atomic E-state index is 0.0332. The number of piperazine rings is 1. The maximum absolute atomic E-state index is 12.8. The third-order valence-electron chi connectivity index (χ3n) is 4.64. The van der Waals surface area contributed by atoms with Crippen molar-refractivity contribution in [2.24, 2.45) is 5.92 Å². The van der Waals surface area contributed by atoms with Gasteiger partial charge in [0.25, 0.3) is 0 Å². The third kappa shape index (κ3) is 6.48. The van der Waals surface area contributed by atoms with Gasteiger partial charge in [-0.15, -0.1) is 0 Å². The SMILES string of the molecule is CCOC(=O)NC(C(=O)N1CCN(CC(=O)N(CC)CC)CC1)C(C)C. The van der Waals surface area contributed by atoms with Crippen LogP contribution in [0.2, 0.25) is 0 Å². The number of amides is 3. The summed E-state index contributed by atoms with van der Waals surface area (Å²) in [4.78, 5) is 42.3. The molecule has 0 spiro atoms. The van der Waals surface area contributed by atoms with Crippen molar-refractivity contribution in [3.05, 3.63) is 0 Å². The molecule has 0 radical (unpaired) electrons. The van der Waals surface area contributed by atoms with Gasteiger partial charge in [-0.1, -0.05) is 13.8 Å². The minimum Gasteiger partial charge on any atom is -0.450 e. The summed E-state index contributed by atoms with van der Waals surface area (Å²) in [6.07, 6.45) is -0.567. The van der Waals surface area contributed by atoms with Crippen molar-refractivity contribution in [1.29, 1.82) is 0 Å². The number of carbonyl (C=O) groups excluding carboxylic acids is 3. The van der Waals surface area contributed by atoms with Crippen molar-refractivity contribution in [2.75, 3.05) is 52.4 Å². The molecule has 1 heterocycles. The van der Waals surface area contributed by atoms with E-state index in [0.717, 1.165) is 0 Å². The van der Waals surface area contributed by atoms with E-state index >= 15 is 0 Å². The Hall–Kier alpha value is -1.83. The van der Waals surface area contributed by atoms with Crippen LogP contribution in [-0.4, -0.2) is 91.1 Å². The number of alkyl carbamates (subject to hydrolysis) is 1. The van der Waals surface area contributed by atoms with Gasteiger partial charge in [0.05, 0.1) is 13.2 Å². The number of likely N-dealkylation sites (N-methyl/N-ethyl adjacent to an activating group) is 1. The summed E-state index contributed by atoms with van der Waals surface area (Å²) in [5, 5.41) is 2.66. The topological polar surface area (TPSA) is 82.2 Å². The highest BCUT2D eigenvalue weighted by atomic mass is 16.5. The van der Waals surface area contributed by atoms with Crippen molar-refractivity contribution in [2.45, 2.75) is 40.7 Å². The molecule has 8 nitrogen and oxygen atoms in total. The Labute approximate surface area is 156 Å². The smallest absolute Gasteiger partial charge is 0.407 e. The zero-order chi connectivity index (χ0) is 19.7. The summed E-state index contributed by atoms with van der Waals surface area (Å²) >= 11 is 0. The second-order valence-electron chi connectivity index (χ2n) is 6.75. The van der Waals surface area contributed by atoms with Crippen LogP contribution in [0.4, 0.5) is 4.79 Å². The van der Waals surface area contributed by atoms with Crippen molar-refractivity contribution in [3.8, 4) is 0 Å². The molecule has 1 unspecified atom stereocenters. The number of nitrogens with one attached hydrogen (secondary N) is 1. The Morgan fingerprint density at radius 3 is 2.08 bits per heavy atom. The number of rotatable bonds is 8. The van der Waals surface area contributed by atoms with Crippen LogP contribution in [0.3, 0.4) is 0 Å². The molecule has 1 fully saturated rings. The van der Waals surface area contributed by atoms with Crippen molar-refractivity contribution < 1.29 is 19.1 Å². The molecule has 0 aromatic carbocycles. The Morgan fingerprint density at radius 2 is 1.62 bits per heavy atom. The van der Waals surface area contributed by atoms with Gasteiger partial charge in [-0.3, -0.25) is 14.5 Å². The number of nitrogens with zero attached hydrogens (tertiary/aromatic N) is 3. The fourth-order valence-corrected chi connectivity index (χ4v) is 3.00. The zero-order valence-electron chi connectivity index (χ0n) is 16.8. The lowest BCUT2D eigenvalue weighted by molar-refractivity contribution is -0.137. The summed E-state index contributed by atoms with van der Waals surface area (Å²) in [6.45, 7) is 14.0. The molecule has 1 rings (SSSR count). The van der Waals surface area contributed by atoms with Gasteiger partial charge < -0.3 is 19.9 Å². The Balaban J connectivity index is 2.55. The average Bonchev–Trinajstić information content (AvgIpc) is 2.61. The van der Waals surface area contributed by atoms with E-state index in [4.69, 9.17) is 4.74 Å². The molecule has 8 heteroatoms. The van der Waals surface area contributed by atoms with Crippen LogP contribution in [0.5, 0.6) is 0 Å². The normalized spacial score (nSPS) is 16.3. The van der Waals surface area contributed by atoms with Crippen LogP contribution < -0.4 is 5.32 Å². The Kier molecular flexibility index (Phi) is 9.40. The molecule has 1 atom stereocenters. The second-order valence-corrected chi connectivity index (χ2v) is 6.75. The quantitative estimate of drug-likeness (QED) is 0.682. The van der Waals surface area contributed by atoms with Crippen LogP contribution in [0.15, 0.2) is 0 Å². The van der Waals surface area contributed by atoms with Crippen molar-refractivity contribution in [3.63, 3.8) is 0 Å². The molecular formula is C18H34N4O4. The van der Waals surface area contributed by atoms with Gasteiger partial charge in [-0.2, -0.15) is 0 Å². The zero-order valence-corrected chi connectivity index (χ0v) is 16.8. The van der Waals surface area contributed by atoms with E-state index in [1.807, 2.05) is 32.6 Å². The largest absolute Gasteiger partial charge is 0.450 e. The number of ether oxygens (including phenoxy) is 1. The van der Waals surface area contributed by atoms with E-state index in [9.17, 15) is 14.4 Å². The monoisotopic (exact) mass is 370 g/mol. The predicted octanol–water partition coefficient (Wildman–Crippen LogP) is 0.770. The highest BCUT2D eigenvalue weighted by Crippen LogP contribution is 2.10. The Bertz CT molecular complexity index is 472. The average molecular weight is 370 g/mol. The summed E-state index contributed by atoms with van der Waals surface area (Å²) in [5.74, 6) is -0.00392. The van der Waals surface area contributed by atoms with Crippen molar-refractivity contribution in [1.82, 2.24) is 20.0 Å². The van der Waals surface area contributed by atoms with Gasteiger partial charge >= 0.3 is 6.09 Å². The van der Waals surface area contributed by atoms with Gasteiger partial charge in [0.1, 0.15) is 6.04 Å². The van der Waals surface area contributed by atoms with Crippen LogP contribution in [0.1, 0.15) is 34.6 Å². The molecule has 150 valence electrons. The maximum Gasteiger partial charge on any atom is 0.407 e. The van der Waals surface area contributed by atoms with Crippen LogP contribution in [0, 0.1) is 5.92 Å². The van der Waals surface area contributed by atoms with Crippen molar-refractivity contribution >= 4 is 17.9 Å². The first-order valence-corrected chi connectivity index (χ1v) is 9.56. The second kappa shape index (κ2) is 11.0. The summed E-state index contributed by atoms with van der Waals surface area (Å²) in [6, 6.07) is -0.599. The molecule has 26 heavy (non-hydrogen) atoms.